The molecule has 0 aliphatic heterocycles. The number of nitrogens with one attached hydrogen (secondary N) is 3. The van der Waals surface area contributed by atoms with Gasteiger partial charge in [-0.2, -0.15) is 0 Å². The molecule has 0 bridgehead atoms. The predicted octanol–water partition coefficient (Wildman–Crippen LogP) is 2.81. The first-order valence-corrected chi connectivity index (χ1v) is 10.9. The summed E-state index contributed by atoms with van der Waals surface area (Å²) in [6.45, 7) is 3.51. The highest BCUT2D eigenvalue weighted by Crippen LogP contribution is 2.24. The molecule has 0 aliphatic carbocycles. The predicted molar refractivity (Wildman–Crippen MR) is 110 cm³/mol. The van der Waals surface area contributed by atoms with Crippen LogP contribution in [-0.4, -0.2) is 39.1 Å². The first-order valence-electron chi connectivity index (χ1n) is 9.05. The van der Waals surface area contributed by atoms with Gasteiger partial charge in [0.05, 0.1) is 23.5 Å². The highest BCUT2D eigenvalue weighted by atomic mass is 32.2. The van der Waals surface area contributed by atoms with Crippen LogP contribution in [0.1, 0.15) is 30.6 Å². The van der Waals surface area contributed by atoms with Gasteiger partial charge in [0, 0.05) is 12.3 Å². The average molecular weight is 421 g/mol. The summed E-state index contributed by atoms with van der Waals surface area (Å²) >= 11 is 0. The smallest absolute Gasteiger partial charge is 0.253 e. The number of rotatable bonds is 8. The molecule has 0 saturated carbocycles. The van der Waals surface area contributed by atoms with E-state index < -0.39 is 26.5 Å². The molecular formula is C20H24FN3O4S. The summed E-state index contributed by atoms with van der Waals surface area (Å²) in [5.74, 6) is -1.73. The molecule has 1 atom stereocenters. The number of sulfone groups is 1. The fourth-order valence-corrected chi connectivity index (χ4v) is 3.55. The van der Waals surface area contributed by atoms with Gasteiger partial charge in [-0.3, -0.25) is 9.59 Å². The van der Waals surface area contributed by atoms with Gasteiger partial charge in [-0.05, 0) is 37.6 Å². The van der Waals surface area contributed by atoms with Crippen molar-refractivity contribution in [1.29, 1.82) is 0 Å². The van der Waals surface area contributed by atoms with E-state index >= 15 is 0 Å². The van der Waals surface area contributed by atoms with Crippen molar-refractivity contribution < 1.29 is 22.4 Å². The number of hydrogen-bond acceptors (Lipinski definition) is 5. The van der Waals surface area contributed by atoms with Crippen molar-refractivity contribution >= 4 is 33.0 Å². The second-order valence-electron chi connectivity index (χ2n) is 6.62. The van der Waals surface area contributed by atoms with E-state index in [0.717, 1.165) is 18.7 Å². The number of para-hydroxylation sites is 1. The Morgan fingerprint density at radius 1 is 1.07 bits per heavy atom. The van der Waals surface area contributed by atoms with E-state index in [-0.39, 0.29) is 24.2 Å². The highest BCUT2D eigenvalue weighted by Gasteiger charge is 2.19. The van der Waals surface area contributed by atoms with Crippen LogP contribution in [0.3, 0.4) is 0 Å². The van der Waals surface area contributed by atoms with Gasteiger partial charge in [0.1, 0.15) is 10.7 Å². The van der Waals surface area contributed by atoms with Crippen molar-refractivity contribution in [3.05, 3.63) is 53.8 Å². The minimum atomic E-state index is -3.83. The molecule has 3 N–H and O–H groups in total. The molecule has 2 aromatic rings. The lowest BCUT2D eigenvalue weighted by atomic mass is 10.1. The zero-order valence-corrected chi connectivity index (χ0v) is 17.3. The van der Waals surface area contributed by atoms with Gasteiger partial charge < -0.3 is 16.0 Å². The molecule has 9 heteroatoms. The molecule has 29 heavy (non-hydrogen) atoms. The molecule has 0 aliphatic rings. The van der Waals surface area contributed by atoms with Crippen LogP contribution in [0.2, 0.25) is 0 Å². The normalized spacial score (nSPS) is 12.1. The fourth-order valence-electron chi connectivity index (χ4n) is 2.59. The fraction of sp³-hybridized carbons (Fsp3) is 0.300. The van der Waals surface area contributed by atoms with Crippen LogP contribution in [0.5, 0.6) is 0 Å². The minimum Gasteiger partial charge on any atom is -0.375 e. The molecule has 1 unspecified atom stereocenters. The van der Waals surface area contributed by atoms with E-state index in [2.05, 4.69) is 16.0 Å². The summed E-state index contributed by atoms with van der Waals surface area (Å²) < 4.78 is 37.6. The molecule has 2 aromatic carbocycles. The van der Waals surface area contributed by atoms with E-state index in [1.165, 1.54) is 12.1 Å². The Labute approximate surface area is 169 Å². The van der Waals surface area contributed by atoms with Crippen molar-refractivity contribution in [2.24, 2.45) is 0 Å². The van der Waals surface area contributed by atoms with Crippen LogP contribution < -0.4 is 16.0 Å². The second kappa shape index (κ2) is 9.51. The van der Waals surface area contributed by atoms with E-state index in [0.29, 0.717) is 11.3 Å². The maximum atomic E-state index is 13.9. The van der Waals surface area contributed by atoms with Gasteiger partial charge in [-0.1, -0.05) is 25.1 Å². The third kappa shape index (κ3) is 6.02. The van der Waals surface area contributed by atoms with Crippen molar-refractivity contribution in [2.75, 3.05) is 23.4 Å². The third-order valence-electron chi connectivity index (χ3n) is 4.21. The summed E-state index contributed by atoms with van der Waals surface area (Å²) in [5.41, 5.74) is 0.622. The van der Waals surface area contributed by atoms with E-state index in [1.54, 1.807) is 24.3 Å². The Morgan fingerprint density at radius 3 is 2.38 bits per heavy atom. The molecule has 2 rings (SSSR count). The zero-order valence-electron chi connectivity index (χ0n) is 16.5. The lowest BCUT2D eigenvalue weighted by Gasteiger charge is -2.15. The van der Waals surface area contributed by atoms with Crippen LogP contribution in [0.15, 0.2) is 47.4 Å². The molecule has 7 nitrogen and oxygen atoms in total. The molecule has 156 valence electrons. The summed E-state index contributed by atoms with van der Waals surface area (Å²) in [6, 6.07) is 10.3. The zero-order chi connectivity index (χ0) is 21.6. The van der Waals surface area contributed by atoms with Crippen LogP contribution >= 0.6 is 0 Å². The van der Waals surface area contributed by atoms with Crippen LogP contribution in [0.4, 0.5) is 15.8 Å². The Bertz CT molecular complexity index is 1010. The van der Waals surface area contributed by atoms with Gasteiger partial charge >= 0.3 is 0 Å². The van der Waals surface area contributed by atoms with Gasteiger partial charge in [-0.25, -0.2) is 12.8 Å². The Balaban J connectivity index is 2.12. The largest absolute Gasteiger partial charge is 0.375 e. The summed E-state index contributed by atoms with van der Waals surface area (Å²) in [7, 11) is -3.83. The standard InChI is InChI=1S/C20H24FN3O4S/c1-4-13(2)23-20(26)14-8-5-6-10-16(14)24-18(25)12-22-17-11-7-9-15(21)19(17)29(3,27)28/h5-11,13,22H,4,12H2,1-3H3,(H,23,26)(H,24,25). The molecule has 0 radical (unpaired) electrons. The van der Waals surface area contributed by atoms with Crippen molar-refractivity contribution in [3.8, 4) is 0 Å². The van der Waals surface area contributed by atoms with E-state index in [1.807, 2.05) is 13.8 Å². The maximum absolute atomic E-state index is 13.9. The first-order chi connectivity index (χ1) is 13.6. The maximum Gasteiger partial charge on any atom is 0.253 e. The monoisotopic (exact) mass is 421 g/mol. The molecule has 0 fully saturated rings. The van der Waals surface area contributed by atoms with E-state index in [9.17, 15) is 22.4 Å². The van der Waals surface area contributed by atoms with Crippen molar-refractivity contribution in [3.63, 3.8) is 0 Å². The Morgan fingerprint density at radius 2 is 1.72 bits per heavy atom. The molecule has 0 spiro atoms. The lowest BCUT2D eigenvalue weighted by molar-refractivity contribution is -0.114. The van der Waals surface area contributed by atoms with Crippen LogP contribution in [0.25, 0.3) is 0 Å². The number of carbonyl (C=O) groups excluding carboxylic acids is 2. The number of halogens is 1. The summed E-state index contributed by atoms with van der Waals surface area (Å²) in [6.07, 6.45) is 1.66. The average Bonchev–Trinajstić information content (AvgIpc) is 2.65. The molecular weight excluding hydrogens is 397 g/mol. The highest BCUT2D eigenvalue weighted by molar-refractivity contribution is 7.90. The quantitative estimate of drug-likeness (QED) is 0.608. The lowest BCUT2D eigenvalue weighted by Crippen LogP contribution is -2.33. The van der Waals surface area contributed by atoms with Gasteiger partial charge in [0.2, 0.25) is 5.91 Å². The molecule has 0 heterocycles. The number of benzene rings is 2. The van der Waals surface area contributed by atoms with Crippen molar-refractivity contribution in [1.82, 2.24) is 5.32 Å². The molecule has 0 saturated heterocycles. The Kier molecular flexibility index (Phi) is 7.33. The topological polar surface area (TPSA) is 104 Å². The number of amides is 2. The van der Waals surface area contributed by atoms with Gasteiger partial charge in [0.15, 0.2) is 9.84 Å². The number of carbonyl (C=O) groups is 2. The molecule has 0 aromatic heterocycles. The Hall–Kier alpha value is -2.94. The first kappa shape index (κ1) is 22.4. The van der Waals surface area contributed by atoms with Crippen molar-refractivity contribution in [2.45, 2.75) is 31.2 Å². The minimum absolute atomic E-state index is 0.00884. The second-order valence-corrected chi connectivity index (χ2v) is 8.57. The van der Waals surface area contributed by atoms with Gasteiger partial charge in [0.25, 0.3) is 5.91 Å². The SMILES string of the molecule is CCC(C)NC(=O)c1ccccc1NC(=O)CNc1cccc(F)c1S(C)(=O)=O. The summed E-state index contributed by atoms with van der Waals surface area (Å²) in [5, 5.41) is 8.09. The number of hydrogen-bond donors (Lipinski definition) is 3. The summed E-state index contributed by atoms with van der Waals surface area (Å²) in [4.78, 5) is 24.2. The van der Waals surface area contributed by atoms with E-state index in [4.69, 9.17) is 0 Å². The molecule has 2 amide bonds. The third-order valence-corrected chi connectivity index (χ3v) is 5.37. The van der Waals surface area contributed by atoms with Gasteiger partial charge in [-0.15, -0.1) is 0 Å². The van der Waals surface area contributed by atoms with Crippen LogP contribution in [-0.2, 0) is 14.6 Å². The van der Waals surface area contributed by atoms with Crippen LogP contribution in [0, 0.1) is 5.82 Å². The number of anilines is 2.